The third-order valence-electron chi connectivity index (χ3n) is 3.61. The summed E-state index contributed by atoms with van der Waals surface area (Å²) in [5.41, 5.74) is 3.11. The molecule has 6 heteroatoms. The lowest BCUT2D eigenvalue weighted by Crippen LogP contribution is -2.45. The van der Waals surface area contributed by atoms with Gasteiger partial charge in [-0.3, -0.25) is 4.79 Å². The summed E-state index contributed by atoms with van der Waals surface area (Å²) in [6.45, 7) is 1.91. The van der Waals surface area contributed by atoms with Crippen molar-refractivity contribution in [3.8, 4) is 0 Å². The molecule has 108 valence electrons. The van der Waals surface area contributed by atoms with Crippen LogP contribution in [0.15, 0.2) is 35.6 Å². The molecular weight excluding hydrogens is 256 g/mol. The molecule has 0 aromatic heterocycles. The molecule has 1 fully saturated rings. The number of hydrogen-bond acceptors (Lipinski definition) is 4. The number of amides is 1. The second-order valence-electron chi connectivity index (χ2n) is 5.12. The number of carbonyl (C=O) groups is 1. The van der Waals surface area contributed by atoms with Gasteiger partial charge in [-0.1, -0.05) is 18.2 Å². The molecule has 1 aromatic carbocycles. The van der Waals surface area contributed by atoms with Crippen molar-refractivity contribution in [1.29, 1.82) is 0 Å². The minimum atomic E-state index is -0.303. The lowest BCUT2D eigenvalue weighted by Gasteiger charge is -2.25. The summed E-state index contributed by atoms with van der Waals surface area (Å²) in [5, 5.41) is 4.15. The van der Waals surface area contributed by atoms with Crippen LogP contribution in [0, 0.1) is 4.91 Å². The molecule has 0 saturated carbocycles. The van der Waals surface area contributed by atoms with Crippen molar-refractivity contribution in [1.82, 2.24) is 15.4 Å². The van der Waals surface area contributed by atoms with Crippen molar-refractivity contribution < 1.29 is 4.79 Å². The zero-order valence-electron chi connectivity index (χ0n) is 11.7. The third-order valence-corrected chi connectivity index (χ3v) is 3.61. The Hall–Kier alpha value is -1.95. The van der Waals surface area contributed by atoms with E-state index in [9.17, 15) is 9.70 Å². The molecule has 20 heavy (non-hydrogen) atoms. The Morgan fingerprint density at radius 2 is 2.05 bits per heavy atom. The number of hydrazine groups is 1. The molecule has 1 saturated heterocycles. The zero-order valence-corrected chi connectivity index (χ0v) is 11.7. The van der Waals surface area contributed by atoms with Gasteiger partial charge in [-0.2, -0.15) is 5.12 Å². The van der Waals surface area contributed by atoms with Crippen LogP contribution in [0.4, 0.5) is 0 Å². The molecule has 2 rings (SSSR count). The first kappa shape index (κ1) is 14.5. The molecule has 1 aliphatic rings. The van der Waals surface area contributed by atoms with Gasteiger partial charge in [0.15, 0.2) is 0 Å². The Kier molecular flexibility index (Phi) is 5.06. The Morgan fingerprint density at radius 3 is 2.75 bits per heavy atom. The van der Waals surface area contributed by atoms with E-state index in [1.807, 2.05) is 6.07 Å². The number of rotatable bonds is 4. The Labute approximate surface area is 118 Å². The van der Waals surface area contributed by atoms with Crippen molar-refractivity contribution in [2.24, 2.45) is 5.29 Å². The summed E-state index contributed by atoms with van der Waals surface area (Å²) in [4.78, 5) is 25.3. The summed E-state index contributed by atoms with van der Waals surface area (Å²) in [7, 11) is 2.06. The topological polar surface area (TPSA) is 65.0 Å². The highest BCUT2D eigenvalue weighted by atomic mass is 16.3. The number of hydrogen-bond donors (Lipinski definition) is 1. The van der Waals surface area contributed by atoms with Gasteiger partial charge >= 0.3 is 0 Å². The average molecular weight is 276 g/mol. The second kappa shape index (κ2) is 7.00. The number of likely N-dealkylation sites (tertiary alicyclic amines) is 1. The molecule has 1 unspecified atom stereocenters. The molecule has 0 aliphatic carbocycles. The number of benzene rings is 1. The molecule has 1 aliphatic heterocycles. The Morgan fingerprint density at radius 1 is 1.30 bits per heavy atom. The fraction of sp³-hybridized carbons (Fsp3) is 0.500. The van der Waals surface area contributed by atoms with Crippen LogP contribution in [0.3, 0.4) is 0 Å². The predicted molar refractivity (Wildman–Crippen MR) is 76.7 cm³/mol. The highest BCUT2D eigenvalue weighted by Crippen LogP contribution is 2.15. The van der Waals surface area contributed by atoms with Crippen LogP contribution in [0.2, 0.25) is 0 Å². The van der Waals surface area contributed by atoms with Crippen LogP contribution >= 0.6 is 0 Å². The minimum Gasteiger partial charge on any atom is -0.306 e. The van der Waals surface area contributed by atoms with E-state index in [1.165, 1.54) is 5.12 Å². The van der Waals surface area contributed by atoms with E-state index >= 15 is 0 Å². The van der Waals surface area contributed by atoms with Crippen LogP contribution in [-0.4, -0.2) is 42.1 Å². The van der Waals surface area contributed by atoms with E-state index in [2.05, 4.69) is 22.7 Å². The molecule has 6 nitrogen and oxygen atoms in total. The monoisotopic (exact) mass is 276 g/mol. The summed E-state index contributed by atoms with van der Waals surface area (Å²) in [6.07, 6.45) is 2.66. The van der Waals surface area contributed by atoms with Crippen LogP contribution in [0.5, 0.6) is 0 Å². The van der Waals surface area contributed by atoms with Crippen molar-refractivity contribution in [2.75, 3.05) is 20.1 Å². The normalized spacial score (nSPS) is 19.9. The smallest absolute Gasteiger partial charge is 0.271 e. The van der Waals surface area contributed by atoms with Gasteiger partial charge in [0.2, 0.25) is 0 Å². The van der Waals surface area contributed by atoms with Crippen molar-refractivity contribution in [2.45, 2.75) is 25.3 Å². The van der Waals surface area contributed by atoms with E-state index in [0.29, 0.717) is 5.56 Å². The number of nitrogens with one attached hydrogen (secondary N) is 1. The molecule has 0 spiro atoms. The van der Waals surface area contributed by atoms with E-state index in [0.717, 1.165) is 32.4 Å². The van der Waals surface area contributed by atoms with E-state index < -0.39 is 0 Å². The van der Waals surface area contributed by atoms with Crippen molar-refractivity contribution >= 4 is 5.91 Å². The first-order valence-electron chi connectivity index (χ1n) is 6.88. The third kappa shape index (κ3) is 3.77. The number of nitroso groups, excluding NO2 is 1. The van der Waals surface area contributed by atoms with Gasteiger partial charge in [-0.25, -0.2) is 5.43 Å². The Balaban J connectivity index is 1.98. The Bertz CT molecular complexity index is 452. The van der Waals surface area contributed by atoms with Gasteiger partial charge in [0.1, 0.15) is 0 Å². The summed E-state index contributed by atoms with van der Waals surface area (Å²) < 4.78 is 0. The molecule has 1 N–H and O–H groups in total. The molecule has 1 heterocycles. The van der Waals surface area contributed by atoms with Crippen LogP contribution < -0.4 is 5.43 Å². The standard InChI is InChI=1S/C14H20N4O2/c1-17-10-5-8-13(9-11-17)18(16-20)15-14(19)12-6-3-2-4-7-12/h2-4,6-7,13H,5,8-11H2,1H3,(H,15,19). The van der Waals surface area contributed by atoms with Gasteiger partial charge < -0.3 is 4.90 Å². The summed E-state index contributed by atoms with van der Waals surface area (Å²) in [6, 6.07) is 8.79. The fourth-order valence-electron chi connectivity index (χ4n) is 2.40. The minimum absolute atomic E-state index is 0.0369. The van der Waals surface area contributed by atoms with Crippen LogP contribution in [-0.2, 0) is 0 Å². The number of carbonyl (C=O) groups excluding carboxylic acids is 1. The highest BCUT2D eigenvalue weighted by molar-refractivity contribution is 5.93. The predicted octanol–water partition coefficient (Wildman–Crippen LogP) is 1.80. The van der Waals surface area contributed by atoms with E-state index in [4.69, 9.17) is 0 Å². The van der Waals surface area contributed by atoms with Gasteiger partial charge in [-0.05, 0) is 51.5 Å². The van der Waals surface area contributed by atoms with Crippen LogP contribution in [0.1, 0.15) is 29.6 Å². The fourth-order valence-corrected chi connectivity index (χ4v) is 2.40. The second-order valence-corrected chi connectivity index (χ2v) is 5.12. The van der Waals surface area contributed by atoms with Gasteiger partial charge in [0.25, 0.3) is 5.91 Å². The first-order valence-corrected chi connectivity index (χ1v) is 6.88. The van der Waals surface area contributed by atoms with Crippen molar-refractivity contribution in [3.05, 3.63) is 40.8 Å². The van der Waals surface area contributed by atoms with Crippen molar-refractivity contribution in [3.63, 3.8) is 0 Å². The maximum atomic E-state index is 12.0. The first-order chi connectivity index (χ1) is 9.70. The zero-order chi connectivity index (χ0) is 14.4. The maximum Gasteiger partial charge on any atom is 0.271 e. The molecule has 1 atom stereocenters. The number of nitrogens with zero attached hydrogens (tertiary/aromatic N) is 3. The maximum absolute atomic E-state index is 12.0. The molecule has 1 aromatic rings. The molecule has 1 amide bonds. The van der Waals surface area contributed by atoms with Gasteiger partial charge in [-0.15, -0.1) is 4.91 Å². The molecular formula is C14H20N4O2. The lowest BCUT2D eigenvalue weighted by atomic mass is 10.1. The summed E-state index contributed by atoms with van der Waals surface area (Å²) in [5.74, 6) is -0.303. The van der Waals surface area contributed by atoms with E-state index in [1.54, 1.807) is 24.3 Å². The molecule has 0 radical (unpaired) electrons. The van der Waals surface area contributed by atoms with Gasteiger partial charge in [0, 0.05) is 5.56 Å². The van der Waals surface area contributed by atoms with Gasteiger partial charge in [0.05, 0.1) is 11.3 Å². The van der Waals surface area contributed by atoms with Crippen LogP contribution in [0.25, 0.3) is 0 Å². The molecule has 0 bridgehead atoms. The summed E-state index contributed by atoms with van der Waals surface area (Å²) >= 11 is 0. The average Bonchev–Trinajstić information content (AvgIpc) is 2.70. The SMILES string of the molecule is CN1CCCC(N(N=O)NC(=O)c2ccccc2)CC1. The lowest BCUT2D eigenvalue weighted by molar-refractivity contribution is 0.0661. The van der Waals surface area contributed by atoms with E-state index in [-0.39, 0.29) is 11.9 Å². The largest absolute Gasteiger partial charge is 0.306 e. The highest BCUT2D eigenvalue weighted by Gasteiger charge is 2.23. The quantitative estimate of drug-likeness (QED) is 0.672.